The molecule has 3 rings (SSSR count). The zero-order valence-electron chi connectivity index (χ0n) is 14.4. The van der Waals surface area contributed by atoms with E-state index in [9.17, 15) is 19.5 Å². The molecule has 1 aromatic carbocycles. The van der Waals surface area contributed by atoms with Gasteiger partial charge in [0.15, 0.2) is 0 Å². The second kappa shape index (κ2) is 7.07. The fourth-order valence-corrected chi connectivity index (χ4v) is 3.61. The normalized spacial score (nSPS) is 14.7. The van der Waals surface area contributed by atoms with Crippen LogP contribution in [0.4, 0.5) is 0 Å². The average molecular weight is 420 g/mol. The van der Waals surface area contributed by atoms with Gasteiger partial charge in [-0.3, -0.25) is 4.79 Å². The Morgan fingerprint density at radius 3 is 2.54 bits per heavy atom. The van der Waals surface area contributed by atoms with Crippen molar-refractivity contribution >= 4 is 27.9 Å². The number of hydrogen-bond acceptors (Lipinski definition) is 4. The summed E-state index contributed by atoms with van der Waals surface area (Å²) in [6.45, 7) is 2.33. The number of benzene rings is 1. The van der Waals surface area contributed by atoms with Crippen LogP contribution in [0.25, 0.3) is 0 Å². The zero-order valence-corrected chi connectivity index (χ0v) is 16.0. The van der Waals surface area contributed by atoms with E-state index in [1.54, 1.807) is 0 Å². The molecule has 0 spiro atoms. The van der Waals surface area contributed by atoms with Gasteiger partial charge >= 0.3 is 11.9 Å². The average Bonchev–Trinajstić information content (AvgIpc) is 3.31. The minimum absolute atomic E-state index is 0.123. The third-order valence-electron chi connectivity index (χ3n) is 4.56. The third-order valence-corrected chi connectivity index (χ3v) is 5.06. The minimum atomic E-state index is -1.35. The number of carboxylic acids is 1. The molecule has 0 saturated carbocycles. The molecule has 1 atom stereocenters. The molecule has 1 aliphatic rings. The highest BCUT2D eigenvalue weighted by Gasteiger charge is 2.40. The van der Waals surface area contributed by atoms with Crippen molar-refractivity contribution in [3.63, 3.8) is 0 Å². The number of carbonyl (C=O) groups excluding carboxylic acids is 1. The van der Waals surface area contributed by atoms with Crippen LogP contribution in [-0.2, 0) is 11.3 Å². The van der Waals surface area contributed by atoms with Gasteiger partial charge in [-0.1, -0.05) is 35.3 Å². The maximum absolute atomic E-state index is 12.8. The van der Waals surface area contributed by atoms with Gasteiger partial charge in [-0.15, -0.1) is 0 Å². The predicted octanol–water partition coefficient (Wildman–Crippen LogP) is 3.39. The number of methoxy groups -OCH3 is 1. The van der Waals surface area contributed by atoms with Crippen molar-refractivity contribution in [1.82, 2.24) is 4.57 Å². The van der Waals surface area contributed by atoms with Gasteiger partial charge in [0, 0.05) is 16.7 Å². The van der Waals surface area contributed by atoms with E-state index in [0.717, 1.165) is 28.1 Å². The fraction of sp³-hybridized carbons (Fsp3) is 0.316. The first-order valence-corrected chi connectivity index (χ1v) is 9.08. The highest BCUT2D eigenvalue weighted by molar-refractivity contribution is 9.10. The first kappa shape index (κ1) is 18.4. The summed E-state index contributed by atoms with van der Waals surface area (Å²) in [5.74, 6) is -2.21. The standard InChI is InChI=1S/C19H18BrNO5/c1-3-4-7-21-16(15-11-6-5-10(20)8-12(11)15)13(19(25)26-2)9-14(17(21)22)18(23)24/h5-6,8-9,15H,3-4,7H2,1-2H3,(H,23,24). The molecule has 1 unspecified atom stereocenters. The zero-order chi connectivity index (χ0) is 19.0. The van der Waals surface area contributed by atoms with Gasteiger partial charge in [0.05, 0.1) is 18.6 Å². The van der Waals surface area contributed by atoms with Gasteiger partial charge in [-0.25, -0.2) is 9.59 Å². The molecule has 2 aromatic rings. The largest absolute Gasteiger partial charge is 0.477 e. The van der Waals surface area contributed by atoms with Gasteiger partial charge in [-0.2, -0.15) is 0 Å². The maximum Gasteiger partial charge on any atom is 0.341 e. The number of hydrogen-bond donors (Lipinski definition) is 1. The molecule has 0 fully saturated rings. The molecule has 0 saturated heterocycles. The molecule has 1 N–H and O–H groups in total. The van der Waals surface area contributed by atoms with Crippen LogP contribution in [0, 0.1) is 0 Å². The Balaban J connectivity index is 2.26. The molecule has 6 nitrogen and oxygen atoms in total. The van der Waals surface area contributed by atoms with Crippen LogP contribution >= 0.6 is 15.9 Å². The Hall–Kier alpha value is -2.41. The number of esters is 1. The lowest BCUT2D eigenvalue weighted by Crippen LogP contribution is -2.31. The second-order valence-corrected chi connectivity index (χ2v) is 7.09. The Kier molecular flexibility index (Phi) is 5.00. The molecule has 7 heteroatoms. The number of carbonyl (C=O) groups is 2. The number of ether oxygens (including phenoxy) is 1. The lowest BCUT2D eigenvalue weighted by molar-refractivity contribution is 0.0598. The van der Waals surface area contributed by atoms with E-state index in [-0.39, 0.29) is 11.5 Å². The molecule has 26 heavy (non-hydrogen) atoms. The summed E-state index contributed by atoms with van der Waals surface area (Å²) in [4.78, 5) is 36.6. The summed E-state index contributed by atoms with van der Waals surface area (Å²) in [6, 6.07) is 6.92. The Morgan fingerprint density at radius 1 is 1.23 bits per heavy atom. The molecular weight excluding hydrogens is 402 g/mol. The first-order chi connectivity index (χ1) is 12.4. The Bertz CT molecular complexity index is 963. The third kappa shape index (κ3) is 3.07. The molecule has 0 bridgehead atoms. The summed E-state index contributed by atoms with van der Waals surface area (Å²) < 4.78 is 7.19. The van der Waals surface area contributed by atoms with E-state index >= 15 is 0 Å². The number of fused-ring (bicyclic) bond motifs is 1. The van der Waals surface area contributed by atoms with Crippen LogP contribution in [0.3, 0.4) is 0 Å². The van der Waals surface area contributed by atoms with E-state index < -0.39 is 23.1 Å². The molecule has 0 radical (unpaired) electrons. The number of rotatable bonds is 6. The van der Waals surface area contributed by atoms with Crippen molar-refractivity contribution in [2.45, 2.75) is 32.2 Å². The monoisotopic (exact) mass is 419 g/mol. The van der Waals surface area contributed by atoms with E-state index in [0.29, 0.717) is 18.7 Å². The molecule has 0 aliphatic heterocycles. The van der Waals surface area contributed by atoms with E-state index in [4.69, 9.17) is 4.74 Å². The van der Waals surface area contributed by atoms with Crippen LogP contribution in [0.5, 0.6) is 0 Å². The van der Waals surface area contributed by atoms with Crippen LogP contribution in [0.2, 0.25) is 0 Å². The van der Waals surface area contributed by atoms with Gasteiger partial charge in [-0.05, 0) is 35.7 Å². The van der Waals surface area contributed by atoms with Gasteiger partial charge in [0.25, 0.3) is 5.56 Å². The highest BCUT2D eigenvalue weighted by Crippen LogP contribution is 2.50. The van der Waals surface area contributed by atoms with Crippen molar-refractivity contribution in [3.8, 4) is 0 Å². The Morgan fingerprint density at radius 2 is 1.96 bits per heavy atom. The van der Waals surface area contributed by atoms with Crippen LogP contribution in [-0.4, -0.2) is 28.7 Å². The SMILES string of the molecule is CCCCn1c(C2c3ccc(Br)cc32)c(C(=O)OC)cc(C(=O)O)c1=O. The smallest absolute Gasteiger partial charge is 0.341 e. The van der Waals surface area contributed by atoms with Crippen molar-refractivity contribution in [1.29, 1.82) is 0 Å². The summed E-state index contributed by atoms with van der Waals surface area (Å²) in [7, 11) is 1.24. The van der Waals surface area contributed by atoms with E-state index in [2.05, 4.69) is 15.9 Å². The summed E-state index contributed by atoms with van der Waals surface area (Å²) in [5.41, 5.74) is 1.65. The first-order valence-electron chi connectivity index (χ1n) is 8.29. The van der Waals surface area contributed by atoms with E-state index in [1.807, 2.05) is 25.1 Å². The predicted molar refractivity (Wildman–Crippen MR) is 99.0 cm³/mol. The highest BCUT2D eigenvalue weighted by atomic mass is 79.9. The number of aromatic carboxylic acids is 1. The summed E-state index contributed by atoms with van der Waals surface area (Å²) >= 11 is 3.42. The van der Waals surface area contributed by atoms with Crippen molar-refractivity contribution < 1.29 is 19.4 Å². The number of carboxylic acid groups (broad SMARTS) is 1. The number of pyridine rings is 1. The van der Waals surface area contributed by atoms with Crippen molar-refractivity contribution in [3.05, 3.63) is 67.0 Å². The van der Waals surface area contributed by atoms with Crippen LogP contribution < -0.4 is 5.56 Å². The number of nitrogens with zero attached hydrogens (tertiary/aromatic N) is 1. The van der Waals surface area contributed by atoms with Gasteiger partial charge < -0.3 is 14.4 Å². The summed E-state index contributed by atoms with van der Waals surface area (Å²) in [6.07, 6.45) is 1.53. The van der Waals surface area contributed by atoms with Gasteiger partial charge in [0.2, 0.25) is 0 Å². The number of unbranched alkanes of at least 4 members (excludes halogenated alkanes) is 1. The van der Waals surface area contributed by atoms with Crippen LogP contribution in [0.15, 0.2) is 33.5 Å². The van der Waals surface area contributed by atoms with Crippen molar-refractivity contribution in [2.75, 3.05) is 7.11 Å². The topological polar surface area (TPSA) is 85.6 Å². The molecule has 136 valence electrons. The molecular formula is C19H18BrNO5. The lowest BCUT2D eigenvalue weighted by atomic mass is 10.0. The molecule has 1 heterocycles. The van der Waals surface area contributed by atoms with E-state index in [1.165, 1.54) is 11.7 Å². The molecule has 1 aliphatic carbocycles. The molecule has 1 aromatic heterocycles. The maximum atomic E-state index is 12.8. The minimum Gasteiger partial charge on any atom is -0.477 e. The number of halogens is 1. The summed E-state index contributed by atoms with van der Waals surface area (Å²) in [5, 5.41) is 9.38. The second-order valence-electron chi connectivity index (χ2n) is 6.17. The molecule has 0 amide bonds. The quantitative estimate of drug-likeness (QED) is 0.618. The number of aromatic nitrogens is 1. The Labute approximate surface area is 158 Å². The van der Waals surface area contributed by atoms with Crippen molar-refractivity contribution in [2.24, 2.45) is 0 Å². The van der Waals surface area contributed by atoms with Crippen LogP contribution in [0.1, 0.15) is 63.2 Å². The fourth-order valence-electron chi connectivity index (χ4n) is 3.23. The van der Waals surface area contributed by atoms with Gasteiger partial charge in [0.1, 0.15) is 5.56 Å². The lowest BCUT2D eigenvalue weighted by Gasteiger charge is -2.17.